The smallest absolute Gasteiger partial charge is 0.225 e. The van der Waals surface area contributed by atoms with Gasteiger partial charge in [-0.1, -0.05) is 28.2 Å². The highest BCUT2D eigenvalue weighted by Crippen LogP contribution is 2.17. The first-order chi connectivity index (χ1) is 5.63. The minimum absolute atomic E-state index is 0. The van der Waals surface area contributed by atoms with E-state index in [1.54, 1.807) is 0 Å². The van der Waals surface area contributed by atoms with Gasteiger partial charge in [-0.2, -0.15) is 0 Å². The second-order valence-electron chi connectivity index (χ2n) is 4.07. The first kappa shape index (κ1) is 12.5. The third-order valence-corrected chi connectivity index (χ3v) is 2.81. The molecule has 1 amide bonds. The number of hydrogen-bond acceptors (Lipinski definition) is 1. The summed E-state index contributed by atoms with van der Waals surface area (Å²) in [4.78, 5) is 13.7. The molecule has 1 aliphatic rings. The Kier molecular flexibility index (Phi) is 5.04. The number of likely N-dealkylation sites (tertiary alicyclic amines) is 1. The maximum absolute atomic E-state index is 11.7. The van der Waals surface area contributed by atoms with Gasteiger partial charge in [-0.25, -0.2) is 0 Å². The summed E-state index contributed by atoms with van der Waals surface area (Å²) in [5.74, 6) is 1.02. The minimum Gasteiger partial charge on any atom is -0.342 e. The van der Waals surface area contributed by atoms with Crippen molar-refractivity contribution in [1.29, 1.82) is 0 Å². The summed E-state index contributed by atoms with van der Waals surface area (Å²) in [5, 5.41) is 0. The van der Waals surface area contributed by atoms with Crippen molar-refractivity contribution in [3.05, 3.63) is 0 Å². The standard InChI is InChI=1S/C10H19NO.CH4/c1-8(2)9(3)10(12)11-6-4-5-7-11;/h8-9H,4-7H2,1-3H3;1H4. The molecule has 13 heavy (non-hydrogen) atoms. The van der Waals surface area contributed by atoms with E-state index in [4.69, 9.17) is 0 Å². The van der Waals surface area contributed by atoms with Gasteiger partial charge in [0.25, 0.3) is 0 Å². The van der Waals surface area contributed by atoms with E-state index in [9.17, 15) is 4.79 Å². The quantitative estimate of drug-likeness (QED) is 0.647. The van der Waals surface area contributed by atoms with Gasteiger partial charge in [-0.3, -0.25) is 4.79 Å². The Bertz CT molecular complexity index is 155. The fraction of sp³-hybridized carbons (Fsp3) is 0.909. The minimum atomic E-state index is 0. The Morgan fingerprint density at radius 2 is 1.62 bits per heavy atom. The summed E-state index contributed by atoms with van der Waals surface area (Å²) in [6.45, 7) is 8.22. The first-order valence-electron chi connectivity index (χ1n) is 4.91. The van der Waals surface area contributed by atoms with Crippen molar-refractivity contribution in [3.8, 4) is 0 Å². The van der Waals surface area contributed by atoms with Crippen LogP contribution < -0.4 is 0 Å². The van der Waals surface area contributed by atoms with Gasteiger partial charge in [-0.05, 0) is 18.8 Å². The van der Waals surface area contributed by atoms with Crippen molar-refractivity contribution in [3.63, 3.8) is 0 Å². The highest BCUT2D eigenvalue weighted by Gasteiger charge is 2.24. The summed E-state index contributed by atoms with van der Waals surface area (Å²) in [6.07, 6.45) is 2.38. The summed E-state index contributed by atoms with van der Waals surface area (Å²) >= 11 is 0. The zero-order chi connectivity index (χ0) is 9.14. The zero-order valence-corrected chi connectivity index (χ0v) is 8.34. The second kappa shape index (κ2) is 5.25. The van der Waals surface area contributed by atoms with Gasteiger partial charge in [-0.15, -0.1) is 0 Å². The lowest BCUT2D eigenvalue weighted by molar-refractivity contribution is -0.135. The molecule has 0 spiro atoms. The van der Waals surface area contributed by atoms with Gasteiger partial charge in [0.2, 0.25) is 5.91 Å². The summed E-state index contributed by atoms with van der Waals surface area (Å²) in [7, 11) is 0. The molecule has 0 bridgehead atoms. The Hall–Kier alpha value is -0.530. The van der Waals surface area contributed by atoms with Gasteiger partial charge in [0, 0.05) is 19.0 Å². The second-order valence-corrected chi connectivity index (χ2v) is 4.07. The molecule has 1 heterocycles. The molecular formula is C11H23NO. The highest BCUT2D eigenvalue weighted by molar-refractivity contribution is 5.78. The van der Waals surface area contributed by atoms with Crippen LogP contribution in [0.2, 0.25) is 0 Å². The Morgan fingerprint density at radius 1 is 1.15 bits per heavy atom. The maximum atomic E-state index is 11.7. The molecule has 2 heteroatoms. The van der Waals surface area contributed by atoms with E-state index in [0.29, 0.717) is 11.8 Å². The van der Waals surface area contributed by atoms with Gasteiger partial charge in [0.05, 0.1) is 0 Å². The lowest BCUT2D eigenvalue weighted by Gasteiger charge is -2.22. The van der Waals surface area contributed by atoms with Crippen LogP contribution in [0.25, 0.3) is 0 Å². The predicted molar refractivity (Wildman–Crippen MR) is 56.5 cm³/mol. The fourth-order valence-electron chi connectivity index (χ4n) is 1.51. The lowest BCUT2D eigenvalue weighted by Crippen LogP contribution is -2.34. The number of amides is 1. The Morgan fingerprint density at radius 3 is 2.00 bits per heavy atom. The van der Waals surface area contributed by atoms with Crippen LogP contribution in [0.1, 0.15) is 41.0 Å². The van der Waals surface area contributed by atoms with Crippen molar-refractivity contribution in [2.75, 3.05) is 13.1 Å². The molecule has 1 saturated heterocycles. The van der Waals surface area contributed by atoms with Gasteiger partial charge < -0.3 is 4.90 Å². The summed E-state index contributed by atoms with van der Waals surface area (Å²) < 4.78 is 0. The van der Waals surface area contributed by atoms with Crippen LogP contribution in [0.15, 0.2) is 0 Å². The molecule has 1 unspecified atom stereocenters. The van der Waals surface area contributed by atoms with Crippen molar-refractivity contribution < 1.29 is 4.79 Å². The van der Waals surface area contributed by atoms with E-state index < -0.39 is 0 Å². The molecule has 1 fully saturated rings. The SMILES string of the molecule is C.CC(C)C(C)C(=O)N1CCCC1. The molecule has 1 atom stereocenters. The fourth-order valence-corrected chi connectivity index (χ4v) is 1.51. The molecule has 0 aromatic heterocycles. The third kappa shape index (κ3) is 3.02. The van der Waals surface area contributed by atoms with Gasteiger partial charge in [0.15, 0.2) is 0 Å². The van der Waals surface area contributed by atoms with E-state index in [-0.39, 0.29) is 13.3 Å². The van der Waals surface area contributed by atoms with E-state index in [2.05, 4.69) is 13.8 Å². The zero-order valence-electron chi connectivity index (χ0n) is 8.34. The van der Waals surface area contributed by atoms with Crippen molar-refractivity contribution in [1.82, 2.24) is 4.90 Å². The Labute approximate surface area is 82.3 Å². The molecule has 1 aliphatic heterocycles. The number of nitrogens with zero attached hydrogens (tertiary/aromatic N) is 1. The number of carbonyl (C=O) groups is 1. The van der Waals surface area contributed by atoms with Crippen LogP contribution in [0.5, 0.6) is 0 Å². The first-order valence-corrected chi connectivity index (χ1v) is 4.91. The highest BCUT2D eigenvalue weighted by atomic mass is 16.2. The molecule has 2 nitrogen and oxygen atoms in total. The number of rotatable bonds is 2. The van der Waals surface area contributed by atoms with Crippen LogP contribution in [-0.4, -0.2) is 23.9 Å². The van der Waals surface area contributed by atoms with Gasteiger partial charge >= 0.3 is 0 Å². The monoisotopic (exact) mass is 185 g/mol. The topological polar surface area (TPSA) is 20.3 Å². The average molecular weight is 185 g/mol. The molecule has 0 aromatic carbocycles. The predicted octanol–water partition coefficient (Wildman–Crippen LogP) is 2.54. The van der Waals surface area contributed by atoms with Crippen molar-refractivity contribution in [2.45, 2.75) is 41.0 Å². The van der Waals surface area contributed by atoms with E-state index >= 15 is 0 Å². The summed E-state index contributed by atoms with van der Waals surface area (Å²) in [6, 6.07) is 0. The molecule has 0 N–H and O–H groups in total. The average Bonchev–Trinajstić information content (AvgIpc) is 2.53. The molecule has 0 radical (unpaired) electrons. The van der Waals surface area contributed by atoms with Crippen molar-refractivity contribution >= 4 is 5.91 Å². The van der Waals surface area contributed by atoms with Crippen LogP contribution >= 0.6 is 0 Å². The van der Waals surface area contributed by atoms with E-state index in [1.165, 1.54) is 12.8 Å². The van der Waals surface area contributed by atoms with Crippen LogP contribution in [0, 0.1) is 11.8 Å². The molecule has 0 aliphatic carbocycles. The van der Waals surface area contributed by atoms with Crippen LogP contribution in [0.4, 0.5) is 0 Å². The molecule has 78 valence electrons. The molecule has 1 rings (SSSR count). The largest absolute Gasteiger partial charge is 0.342 e. The summed E-state index contributed by atoms with van der Waals surface area (Å²) in [5.41, 5.74) is 0. The van der Waals surface area contributed by atoms with Crippen LogP contribution in [0.3, 0.4) is 0 Å². The Balaban J connectivity index is 0.00000144. The maximum Gasteiger partial charge on any atom is 0.225 e. The molecule has 0 aromatic rings. The van der Waals surface area contributed by atoms with Crippen molar-refractivity contribution in [2.24, 2.45) is 11.8 Å². The number of hydrogen-bond donors (Lipinski definition) is 0. The normalized spacial score (nSPS) is 18.6. The van der Waals surface area contributed by atoms with Crippen LogP contribution in [-0.2, 0) is 4.79 Å². The van der Waals surface area contributed by atoms with Gasteiger partial charge in [0.1, 0.15) is 0 Å². The molecular weight excluding hydrogens is 162 g/mol. The number of carbonyl (C=O) groups excluding carboxylic acids is 1. The van der Waals surface area contributed by atoms with E-state index in [0.717, 1.165) is 13.1 Å². The lowest BCUT2D eigenvalue weighted by atomic mass is 9.97. The third-order valence-electron chi connectivity index (χ3n) is 2.81. The molecule has 0 saturated carbocycles. The van der Waals surface area contributed by atoms with E-state index in [1.807, 2.05) is 11.8 Å².